The molecule has 23 heavy (non-hydrogen) atoms. The van der Waals surface area contributed by atoms with E-state index in [-0.39, 0.29) is 12.6 Å². The minimum Gasteiger partial charge on any atom is -0.491 e. The number of aliphatic hydroxyl groups is 1. The van der Waals surface area contributed by atoms with Gasteiger partial charge in [-0.2, -0.15) is 0 Å². The number of aliphatic hydroxyl groups excluding tert-OH is 1. The molecule has 0 aliphatic carbocycles. The third-order valence-corrected chi connectivity index (χ3v) is 3.16. The molecule has 2 amide bonds. The van der Waals surface area contributed by atoms with Crippen LogP contribution in [0.4, 0.5) is 4.79 Å². The van der Waals surface area contributed by atoms with Crippen molar-refractivity contribution < 1.29 is 14.6 Å². The van der Waals surface area contributed by atoms with Crippen LogP contribution in [-0.4, -0.2) is 49.5 Å². The van der Waals surface area contributed by atoms with Gasteiger partial charge in [0, 0.05) is 25.7 Å². The highest BCUT2D eigenvalue weighted by molar-refractivity contribution is 5.73. The zero-order chi connectivity index (χ0) is 17.1. The highest BCUT2D eigenvalue weighted by atomic mass is 16.5. The number of hydrogen-bond acceptors (Lipinski definition) is 4. The van der Waals surface area contributed by atoms with Crippen molar-refractivity contribution in [3.05, 3.63) is 29.8 Å². The Kier molecular flexibility index (Phi) is 9.09. The van der Waals surface area contributed by atoms with Crippen molar-refractivity contribution in [3.8, 4) is 5.75 Å². The molecule has 0 aliphatic heterocycles. The van der Waals surface area contributed by atoms with Crippen LogP contribution >= 0.6 is 0 Å². The standard InChI is InChI=1S/C17H29N3O3/c1-4-18-17(22)19-10-9-14-5-7-16(8-6-14)23-12-15(21)11-20-13(2)3/h5-8,13,15,20-21H,4,9-12H2,1-3H3,(H2,18,19,22)/t15-/m1/s1. The fraction of sp³-hybridized carbons (Fsp3) is 0.588. The van der Waals surface area contributed by atoms with Crippen LogP contribution in [0, 0.1) is 0 Å². The van der Waals surface area contributed by atoms with E-state index in [0.29, 0.717) is 25.7 Å². The number of rotatable bonds is 10. The number of ether oxygens (including phenoxy) is 1. The van der Waals surface area contributed by atoms with E-state index in [1.807, 2.05) is 45.0 Å². The van der Waals surface area contributed by atoms with Crippen LogP contribution in [0.25, 0.3) is 0 Å². The highest BCUT2D eigenvalue weighted by Gasteiger charge is 2.06. The molecule has 0 fully saturated rings. The molecule has 4 N–H and O–H groups in total. The summed E-state index contributed by atoms with van der Waals surface area (Å²) in [4.78, 5) is 11.3. The van der Waals surface area contributed by atoms with Gasteiger partial charge in [0.05, 0.1) is 0 Å². The number of nitrogens with one attached hydrogen (secondary N) is 3. The largest absolute Gasteiger partial charge is 0.491 e. The molecule has 0 saturated heterocycles. The van der Waals surface area contributed by atoms with Gasteiger partial charge >= 0.3 is 6.03 Å². The van der Waals surface area contributed by atoms with E-state index in [2.05, 4.69) is 16.0 Å². The van der Waals surface area contributed by atoms with E-state index in [9.17, 15) is 9.90 Å². The molecule has 0 saturated carbocycles. The summed E-state index contributed by atoms with van der Waals surface area (Å²) >= 11 is 0. The van der Waals surface area contributed by atoms with Gasteiger partial charge < -0.3 is 25.8 Å². The molecule has 0 bridgehead atoms. The monoisotopic (exact) mass is 323 g/mol. The number of hydrogen-bond donors (Lipinski definition) is 4. The Morgan fingerprint density at radius 3 is 2.52 bits per heavy atom. The molecular formula is C17H29N3O3. The predicted octanol–water partition coefficient (Wildman–Crippen LogP) is 1.29. The maximum atomic E-state index is 11.3. The molecule has 0 radical (unpaired) electrons. The lowest BCUT2D eigenvalue weighted by molar-refractivity contribution is 0.104. The molecule has 6 heteroatoms. The average molecular weight is 323 g/mol. The maximum absolute atomic E-state index is 11.3. The van der Waals surface area contributed by atoms with Crippen LogP contribution in [-0.2, 0) is 6.42 Å². The zero-order valence-electron chi connectivity index (χ0n) is 14.3. The lowest BCUT2D eigenvalue weighted by Gasteiger charge is -2.15. The Balaban J connectivity index is 2.26. The highest BCUT2D eigenvalue weighted by Crippen LogP contribution is 2.12. The molecule has 6 nitrogen and oxygen atoms in total. The minimum atomic E-state index is -0.529. The van der Waals surface area contributed by atoms with Crippen molar-refractivity contribution in [3.63, 3.8) is 0 Å². The number of urea groups is 1. The first-order valence-corrected chi connectivity index (χ1v) is 8.16. The second-order valence-corrected chi connectivity index (χ2v) is 5.71. The molecule has 0 unspecified atom stereocenters. The molecule has 1 atom stereocenters. The Morgan fingerprint density at radius 2 is 1.91 bits per heavy atom. The van der Waals surface area contributed by atoms with E-state index in [4.69, 9.17) is 4.74 Å². The summed E-state index contributed by atoms with van der Waals surface area (Å²) in [5.41, 5.74) is 1.12. The van der Waals surface area contributed by atoms with Crippen molar-refractivity contribution in [2.45, 2.75) is 39.3 Å². The van der Waals surface area contributed by atoms with Gasteiger partial charge in [0.25, 0.3) is 0 Å². The smallest absolute Gasteiger partial charge is 0.314 e. The van der Waals surface area contributed by atoms with Crippen molar-refractivity contribution in [2.75, 3.05) is 26.2 Å². The summed E-state index contributed by atoms with van der Waals surface area (Å²) in [5, 5.41) is 18.4. The van der Waals surface area contributed by atoms with Crippen molar-refractivity contribution in [2.24, 2.45) is 0 Å². The summed E-state index contributed by atoms with van der Waals surface area (Å²) in [7, 11) is 0. The minimum absolute atomic E-state index is 0.142. The average Bonchev–Trinajstić information content (AvgIpc) is 2.52. The second-order valence-electron chi connectivity index (χ2n) is 5.71. The number of carbonyl (C=O) groups is 1. The summed E-state index contributed by atoms with van der Waals surface area (Å²) in [6, 6.07) is 7.89. The van der Waals surface area contributed by atoms with Crippen LogP contribution in [0.1, 0.15) is 26.3 Å². The summed E-state index contributed by atoms with van der Waals surface area (Å²) in [6.45, 7) is 7.94. The van der Waals surface area contributed by atoms with Gasteiger partial charge in [0.2, 0.25) is 0 Å². The van der Waals surface area contributed by atoms with E-state index >= 15 is 0 Å². The molecular weight excluding hydrogens is 294 g/mol. The summed E-state index contributed by atoms with van der Waals surface area (Å²) in [6.07, 6.45) is 0.233. The first-order valence-electron chi connectivity index (χ1n) is 8.16. The number of carbonyl (C=O) groups excluding carboxylic acids is 1. The van der Waals surface area contributed by atoms with Crippen LogP contribution < -0.4 is 20.7 Å². The van der Waals surface area contributed by atoms with Gasteiger partial charge in [-0.3, -0.25) is 0 Å². The van der Waals surface area contributed by atoms with Gasteiger partial charge in [0.1, 0.15) is 18.5 Å². The molecule has 0 aromatic heterocycles. The second kappa shape index (κ2) is 10.9. The normalized spacial score (nSPS) is 12.0. The first kappa shape index (κ1) is 19.3. The SMILES string of the molecule is CCNC(=O)NCCc1ccc(OC[C@H](O)CNC(C)C)cc1. The Labute approximate surface area is 138 Å². The van der Waals surface area contributed by atoms with Crippen LogP contribution in [0.3, 0.4) is 0 Å². The van der Waals surface area contributed by atoms with Crippen molar-refractivity contribution >= 4 is 6.03 Å². The summed E-state index contributed by atoms with van der Waals surface area (Å²) < 4.78 is 5.56. The Morgan fingerprint density at radius 1 is 1.22 bits per heavy atom. The molecule has 1 aromatic carbocycles. The Hall–Kier alpha value is -1.79. The van der Waals surface area contributed by atoms with E-state index in [1.165, 1.54) is 0 Å². The lowest BCUT2D eigenvalue weighted by Crippen LogP contribution is -2.36. The topological polar surface area (TPSA) is 82.6 Å². The van der Waals surface area contributed by atoms with E-state index in [1.54, 1.807) is 0 Å². The third-order valence-electron chi connectivity index (χ3n) is 3.16. The maximum Gasteiger partial charge on any atom is 0.314 e. The summed E-state index contributed by atoms with van der Waals surface area (Å²) in [5.74, 6) is 0.731. The predicted molar refractivity (Wildman–Crippen MR) is 91.9 cm³/mol. The first-order chi connectivity index (χ1) is 11.0. The van der Waals surface area contributed by atoms with Gasteiger partial charge in [0.15, 0.2) is 0 Å². The van der Waals surface area contributed by atoms with Crippen molar-refractivity contribution in [1.29, 1.82) is 0 Å². The van der Waals surface area contributed by atoms with Gasteiger partial charge in [-0.15, -0.1) is 0 Å². The molecule has 0 spiro atoms. The molecule has 130 valence electrons. The molecule has 1 rings (SSSR count). The Bertz CT molecular complexity index is 449. The zero-order valence-corrected chi connectivity index (χ0v) is 14.3. The van der Waals surface area contributed by atoms with Crippen LogP contribution in [0.2, 0.25) is 0 Å². The third kappa shape index (κ3) is 9.05. The van der Waals surface area contributed by atoms with Crippen LogP contribution in [0.15, 0.2) is 24.3 Å². The molecule has 0 aliphatic rings. The van der Waals surface area contributed by atoms with E-state index in [0.717, 1.165) is 17.7 Å². The fourth-order valence-electron chi connectivity index (χ4n) is 1.92. The van der Waals surface area contributed by atoms with Gasteiger partial charge in [-0.1, -0.05) is 26.0 Å². The van der Waals surface area contributed by atoms with Gasteiger partial charge in [-0.05, 0) is 31.0 Å². The van der Waals surface area contributed by atoms with Crippen LogP contribution in [0.5, 0.6) is 5.75 Å². The quantitative estimate of drug-likeness (QED) is 0.523. The van der Waals surface area contributed by atoms with Crippen molar-refractivity contribution in [1.82, 2.24) is 16.0 Å². The fourth-order valence-corrected chi connectivity index (χ4v) is 1.92. The van der Waals surface area contributed by atoms with E-state index < -0.39 is 6.10 Å². The lowest BCUT2D eigenvalue weighted by atomic mass is 10.1. The number of amides is 2. The molecule has 1 aromatic rings. The van der Waals surface area contributed by atoms with Gasteiger partial charge in [-0.25, -0.2) is 4.79 Å². The molecule has 0 heterocycles. The number of benzene rings is 1.